The highest BCUT2D eigenvalue weighted by Gasteiger charge is 2.09. The van der Waals surface area contributed by atoms with Crippen molar-refractivity contribution in [2.24, 2.45) is 0 Å². The van der Waals surface area contributed by atoms with Crippen LogP contribution in [0.15, 0.2) is 42.5 Å². The highest BCUT2D eigenvalue weighted by molar-refractivity contribution is 5.76. The van der Waals surface area contributed by atoms with Gasteiger partial charge in [-0.2, -0.15) is 0 Å². The van der Waals surface area contributed by atoms with Crippen molar-refractivity contribution in [3.05, 3.63) is 70.3 Å². The molecule has 140 valence electrons. The predicted molar refractivity (Wildman–Crippen MR) is 109 cm³/mol. The van der Waals surface area contributed by atoms with Gasteiger partial charge in [0, 0.05) is 25.6 Å². The fourth-order valence-electron chi connectivity index (χ4n) is 2.99. The third-order valence-corrected chi connectivity index (χ3v) is 5.02. The molecule has 0 aliphatic carbocycles. The summed E-state index contributed by atoms with van der Waals surface area (Å²) < 4.78 is 0. The van der Waals surface area contributed by atoms with Crippen molar-refractivity contribution in [1.29, 1.82) is 0 Å². The summed E-state index contributed by atoms with van der Waals surface area (Å²) in [6.45, 7) is 10.1. The molecule has 3 heteroatoms. The second-order valence-electron chi connectivity index (χ2n) is 7.48. The average molecular weight is 353 g/mol. The zero-order valence-corrected chi connectivity index (χ0v) is 16.8. The fourth-order valence-corrected chi connectivity index (χ4v) is 2.99. The lowest BCUT2D eigenvalue weighted by Crippen LogP contribution is -2.27. The molecule has 0 aromatic heterocycles. The summed E-state index contributed by atoms with van der Waals surface area (Å²) in [5.41, 5.74) is 6.25. The Morgan fingerprint density at radius 2 is 1.73 bits per heavy atom. The lowest BCUT2D eigenvalue weighted by molar-refractivity contribution is -0.121. The Bertz CT molecular complexity index is 737. The first-order valence-electron chi connectivity index (χ1n) is 9.46. The van der Waals surface area contributed by atoms with E-state index in [-0.39, 0.29) is 5.91 Å². The molecule has 0 atom stereocenters. The molecule has 2 aromatic carbocycles. The monoisotopic (exact) mass is 352 g/mol. The van der Waals surface area contributed by atoms with E-state index in [1.54, 1.807) is 0 Å². The Morgan fingerprint density at radius 3 is 2.38 bits per heavy atom. The zero-order chi connectivity index (χ0) is 19.1. The summed E-state index contributed by atoms with van der Waals surface area (Å²) in [6.07, 6.45) is 1.31. The lowest BCUT2D eigenvalue weighted by Gasteiger charge is -2.22. The first-order chi connectivity index (χ1) is 12.4. The summed E-state index contributed by atoms with van der Waals surface area (Å²) in [4.78, 5) is 14.6. The van der Waals surface area contributed by atoms with Crippen LogP contribution in [-0.4, -0.2) is 23.9 Å². The van der Waals surface area contributed by atoms with E-state index in [1.807, 2.05) is 6.07 Å². The largest absolute Gasteiger partial charge is 0.352 e. The Morgan fingerprint density at radius 1 is 1.04 bits per heavy atom. The molecule has 0 aliphatic heterocycles. The predicted octanol–water partition coefficient (Wildman–Crippen LogP) is 4.39. The van der Waals surface area contributed by atoms with Crippen LogP contribution in [0, 0.1) is 13.8 Å². The van der Waals surface area contributed by atoms with Crippen molar-refractivity contribution in [2.45, 2.75) is 59.7 Å². The van der Waals surface area contributed by atoms with Crippen molar-refractivity contribution in [2.75, 3.05) is 7.05 Å². The smallest absolute Gasteiger partial charge is 0.220 e. The van der Waals surface area contributed by atoms with Gasteiger partial charge in [0.1, 0.15) is 0 Å². The number of aryl methyl sites for hydroxylation is 3. The van der Waals surface area contributed by atoms with Crippen molar-refractivity contribution in [3.63, 3.8) is 0 Å². The number of rotatable bonds is 8. The maximum Gasteiger partial charge on any atom is 0.220 e. The third-order valence-electron chi connectivity index (χ3n) is 5.02. The van der Waals surface area contributed by atoms with E-state index in [9.17, 15) is 4.79 Å². The first-order valence-corrected chi connectivity index (χ1v) is 9.46. The summed E-state index contributed by atoms with van der Waals surface area (Å²) in [5.74, 6) is 0.108. The third kappa shape index (κ3) is 5.99. The molecule has 0 bridgehead atoms. The lowest BCUT2D eigenvalue weighted by atomic mass is 10.0. The molecular weight excluding hydrogens is 320 g/mol. The molecule has 2 aromatic rings. The Hall–Kier alpha value is -2.13. The highest BCUT2D eigenvalue weighted by Crippen LogP contribution is 2.14. The van der Waals surface area contributed by atoms with E-state index < -0.39 is 0 Å². The van der Waals surface area contributed by atoms with Crippen LogP contribution in [0.5, 0.6) is 0 Å². The van der Waals surface area contributed by atoms with Crippen LogP contribution in [0.4, 0.5) is 0 Å². The number of benzene rings is 2. The van der Waals surface area contributed by atoms with Gasteiger partial charge in [0.15, 0.2) is 0 Å². The topological polar surface area (TPSA) is 32.3 Å². The van der Waals surface area contributed by atoms with Gasteiger partial charge in [0.2, 0.25) is 5.91 Å². The maximum atomic E-state index is 12.3. The molecule has 0 spiro atoms. The summed E-state index contributed by atoms with van der Waals surface area (Å²) in [7, 11) is 2.13. The van der Waals surface area contributed by atoms with Gasteiger partial charge in [0.05, 0.1) is 0 Å². The quantitative estimate of drug-likeness (QED) is 0.764. The van der Waals surface area contributed by atoms with E-state index in [0.29, 0.717) is 19.0 Å². The second-order valence-corrected chi connectivity index (χ2v) is 7.48. The number of nitrogens with one attached hydrogen (secondary N) is 1. The molecule has 0 unspecified atom stereocenters. The van der Waals surface area contributed by atoms with Crippen LogP contribution in [0.25, 0.3) is 0 Å². The molecule has 2 rings (SSSR count). The average Bonchev–Trinajstić information content (AvgIpc) is 2.60. The van der Waals surface area contributed by atoms with E-state index in [0.717, 1.165) is 13.0 Å². The van der Waals surface area contributed by atoms with Gasteiger partial charge in [-0.1, -0.05) is 48.0 Å². The summed E-state index contributed by atoms with van der Waals surface area (Å²) >= 11 is 0. The number of hydrogen-bond donors (Lipinski definition) is 1. The minimum atomic E-state index is 0.108. The Kier molecular flexibility index (Phi) is 7.40. The van der Waals surface area contributed by atoms with Gasteiger partial charge >= 0.3 is 0 Å². The van der Waals surface area contributed by atoms with Crippen molar-refractivity contribution in [3.8, 4) is 0 Å². The maximum absolute atomic E-state index is 12.3. The number of carbonyl (C=O) groups is 1. The molecule has 3 nitrogen and oxygen atoms in total. The van der Waals surface area contributed by atoms with Gasteiger partial charge in [-0.3, -0.25) is 9.69 Å². The molecule has 0 saturated carbocycles. The molecular formula is C23H32N2O. The summed E-state index contributed by atoms with van der Waals surface area (Å²) in [6, 6.07) is 15.3. The standard InChI is InChI=1S/C23H32N2O/c1-17(2)25(5)16-22-9-7-6-8-21(22)15-24-23(26)13-12-20-11-10-18(3)14-19(20)4/h6-11,14,17H,12-13,15-16H2,1-5H3,(H,24,26). The SMILES string of the molecule is Cc1ccc(CCC(=O)NCc2ccccc2CN(C)C(C)C)c(C)c1. The van der Waals surface area contributed by atoms with Crippen molar-refractivity contribution < 1.29 is 4.79 Å². The number of carbonyl (C=O) groups excluding carboxylic acids is 1. The van der Waals surface area contributed by atoms with Gasteiger partial charge < -0.3 is 5.32 Å². The Balaban J connectivity index is 1.89. The first kappa shape index (κ1) is 20.2. The minimum Gasteiger partial charge on any atom is -0.352 e. The van der Waals surface area contributed by atoms with Gasteiger partial charge in [-0.05, 0) is 63.4 Å². The Labute approximate surface area is 158 Å². The van der Waals surface area contributed by atoms with E-state index in [2.05, 4.69) is 81.4 Å². The van der Waals surface area contributed by atoms with E-state index in [1.165, 1.54) is 27.8 Å². The summed E-state index contributed by atoms with van der Waals surface area (Å²) in [5, 5.41) is 3.09. The van der Waals surface area contributed by atoms with Gasteiger partial charge in [-0.25, -0.2) is 0 Å². The molecule has 0 fully saturated rings. The minimum absolute atomic E-state index is 0.108. The number of nitrogens with zero attached hydrogens (tertiary/aromatic N) is 1. The van der Waals surface area contributed by atoms with Crippen LogP contribution >= 0.6 is 0 Å². The molecule has 0 saturated heterocycles. The molecule has 0 heterocycles. The highest BCUT2D eigenvalue weighted by atomic mass is 16.1. The van der Waals surface area contributed by atoms with Crippen LogP contribution in [-0.2, 0) is 24.3 Å². The fraction of sp³-hybridized carbons (Fsp3) is 0.435. The number of hydrogen-bond acceptors (Lipinski definition) is 2. The second kappa shape index (κ2) is 9.54. The molecule has 26 heavy (non-hydrogen) atoms. The van der Waals surface area contributed by atoms with Crippen LogP contribution in [0.1, 0.15) is 48.1 Å². The number of amides is 1. The molecule has 0 radical (unpaired) electrons. The van der Waals surface area contributed by atoms with E-state index >= 15 is 0 Å². The van der Waals surface area contributed by atoms with Gasteiger partial charge in [-0.15, -0.1) is 0 Å². The van der Waals surface area contributed by atoms with Gasteiger partial charge in [0.25, 0.3) is 0 Å². The van der Waals surface area contributed by atoms with Crippen molar-refractivity contribution in [1.82, 2.24) is 10.2 Å². The van der Waals surface area contributed by atoms with E-state index in [4.69, 9.17) is 0 Å². The zero-order valence-electron chi connectivity index (χ0n) is 16.8. The molecule has 1 amide bonds. The van der Waals surface area contributed by atoms with Crippen LogP contribution < -0.4 is 5.32 Å². The van der Waals surface area contributed by atoms with Crippen molar-refractivity contribution >= 4 is 5.91 Å². The molecule has 0 aliphatic rings. The normalized spacial score (nSPS) is 11.2. The molecule has 1 N–H and O–H groups in total. The van der Waals surface area contributed by atoms with Crippen LogP contribution in [0.2, 0.25) is 0 Å². The van der Waals surface area contributed by atoms with Crippen LogP contribution in [0.3, 0.4) is 0 Å².